The summed E-state index contributed by atoms with van der Waals surface area (Å²) in [6.45, 7) is -0.700. The van der Waals surface area contributed by atoms with Gasteiger partial charge in [0.25, 0.3) is 5.24 Å². The minimum absolute atomic E-state index is 0.325. The number of halogens is 19. The van der Waals surface area contributed by atoms with E-state index in [1.54, 1.807) is 0 Å². The highest BCUT2D eigenvalue weighted by Gasteiger charge is 2.85. The largest absolute Gasteiger partial charge is 0.471 e. The monoisotopic (exact) mass is 730 g/mol. The maximum Gasteiger partial charge on any atom is 0.471 e. The highest BCUT2D eigenvalue weighted by molar-refractivity contribution is 9.10. The summed E-state index contributed by atoms with van der Waals surface area (Å²) in [5, 5.41) is -1.68. The van der Waals surface area contributed by atoms with Crippen LogP contribution < -0.4 is 4.74 Å². The first-order valence-electron chi connectivity index (χ1n) is 8.87. The molecule has 5 nitrogen and oxygen atoms in total. The number of carbonyl (C=O) groups is 1. The Kier molecular flexibility index (Phi) is 10.3. The van der Waals surface area contributed by atoms with Crippen molar-refractivity contribution in [2.45, 2.75) is 53.8 Å². The van der Waals surface area contributed by atoms with E-state index in [2.05, 4.69) is 13.8 Å². The molecule has 0 heterocycles. The van der Waals surface area contributed by atoms with Gasteiger partial charge < -0.3 is 4.74 Å². The van der Waals surface area contributed by atoms with E-state index >= 15 is 0 Å². The van der Waals surface area contributed by atoms with Crippen LogP contribution in [0.1, 0.15) is 15.9 Å². The third-order valence-electron chi connectivity index (χ3n) is 4.04. The first-order valence-corrected chi connectivity index (χ1v) is 10.3. The number of benzene rings is 1. The van der Waals surface area contributed by atoms with E-state index in [1.165, 1.54) is 4.74 Å². The van der Waals surface area contributed by atoms with Crippen molar-refractivity contribution in [1.29, 1.82) is 0 Å². The van der Waals surface area contributed by atoms with Crippen molar-refractivity contribution < 1.29 is 93.5 Å². The van der Waals surface area contributed by atoms with Crippen LogP contribution in [0.3, 0.4) is 0 Å². The maximum atomic E-state index is 14.5. The van der Waals surface area contributed by atoms with Crippen LogP contribution in [0.25, 0.3) is 0 Å². The van der Waals surface area contributed by atoms with Crippen molar-refractivity contribution in [2.24, 2.45) is 0 Å². The van der Waals surface area contributed by atoms with Gasteiger partial charge in [0.1, 0.15) is 5.75 Å². The normalized spacial score (nSPS) is 17.3. The van der Waals surface area contributed by atoms with E-state index in [-0.39, 0.29) is 5.56 Å². The highest BCUT2D eigenvalue weighted by Crippen LogP contribution is 2.57. The molecule has 2 unspecified atom stereocenters. The smallest absolute Gasteiger partial charge is 0.427 e. The summed E-state index contributed by atoms with van der Waals surface area (Å²) in [6.07, 6.45) is -37.1. The van der Waals surface area contributed by atoms with Crippen LogP contribution in [0, 0.1) is 0 Å². The van der Waals surface area contributed by atoms with Gasteiger partial charge in [-0.25, -0.2) is 0 Å². The average Bonchev–Trinajstić information content (AvgIpc) is 2.70. The van der Waals surface area contributed by atoms with Crippen molar-refractivity contribution in [3.05, 3.63) is 29.3 Å². The van der Waals surface area contributed by atoms with Gasteiger partial charge in [0.2, 0.25) is 0 Å². The molecule has 0 saturated heterocycles. The van der Waals surface area contributed by atoms with Gasteiger partial charge in [-0.2, -0.15) is 70.2 Å². The summed E-state index contributed by atoms with van der Waals surface area (Å²) in [4.78, 5) is 11.3. The molecule has 0 spiro atoms. The Bertz CT molecular complexity index is 1080. The predicted octanol–water partition coefficient (Wildman–Crippen LogP) is 8.37. The third-order valence-corrected chi connectivity index (χ3v) is 4.98. The van der Waals surface area contributed by atoms with Crippen LogP contribution >= 0.6 is 39.4 Å². The Morgan fingerprint density at radius 2 is 1.25 bits per heavy atom. The van der Waals surface area contributed by atoms with Gasteiger partial charge in [-0.05, 0) is 45.2 Å². The Balaban J connectivity index is 3.57. The number of hydrogen-bond acceptors (Lipinski definition) is 5. The third kappa shape index (κ3) is 7.10. The number of ether oxygens (including phenoxy) is 3. The first kappa shape index (κ1) is 36.5. The van der Waals surface area contributed by atoms with Crippen molar-refractivity contribution in [3.63, 3.8) is 0 Å². The number of alkyl halides is 17. The van der Waals surface area contributed by atoms with Gasteiger partial charge in [0, 0.05) is 0 Å². The van der Waals surface area contributed by atoms with Crippen LogP contribution in [-0.4, -0.2) is 52.5 Å². The lowest BCUT2D eigenvalue weighted by atomic mass is 10.1. The van der Waals surface area contributed by atoms with Gasteiger partial charge in [-0.1, -0.05) is 6.07 Å². The van der Waals surface area contributed by atoms with E-state index in [0.717, 1.165) is 22.0 Å². The SMILES string of the molecule is O=C(Cl)c1ccc(COCl)cc1OC(F)(F)C(F)(Br)OC(F)(F)C(F)(OC(F)(F)C(F)(F)C(F)(F)F)C(F)(F)F. The molecular formula is C16H5BrCl2F16O5. The lowest BCUT2D eigenvalue weighted by Gasteiger charge is -2.40. The lowest BCUT2D eigenvalue weighted by Crippen LogP contribution is -2.67. The van der Waals surface area contributed by atoms with Crippen molar-refractivity contribution in [2.75, 3.05) is 0 Å². The molecule has 0 fully saturated rings. The molecule has 0 aromatic heterocycles. The Morgan fingerprint density at radius 1 is 0.750 bits per heavy atom. The molecule has 0 amide bonds. The van der Waals surface area contributed by atoms with Crippen LogP contribution in [0.2, 0.25) is 0 Å². The standard InChI is InChI=1S/C16H5BrCl2F16O5/c17-11(23,16(34,35)38-7-3-5(4-37-19)1-2-6(7)8(18)36)40-15(32,33)10(22,13(27,28)29)39-14(30,31)9(20,21)12(24,25)26/h1-3H,4H2. The zero-order valence-electron chi connectivity index (χ0n) is 17.7. The van der Waals surface area contributed by atoms with Crippen molar-refractivity contribution in [1.82, 2.24) is 0 Å². The topological polar surface area (TPSA) is 54.0 Å². The molecule has 1 aromatic carbocycles. The van der Waals surface area contributed by atoms with E-state index in [4.69, 9.17) is 23.5 Å². The molecule has 0 aliphatic carbocycles. The summed E-state index contributed by atoms with van der Waals surface area (Å²) in [5.41, 5.74) is -1.46. The second kappa shape index (κ2) is 11.3. The molecule has 0 aliphatic rings. The Morgan fingerprint density at radius 3 is 1.65 bits per heavy atom. The van der Waals surface area contributed by atoms with Gasteiger partial charge in [0.15, 0.2) is 0 Å². The van der Waals surface area contributed by atoms with Crippen LogP contribution in [0.4, 0.5) is 70.2 Å². The van der Waals surface area contributed by atoms with E-state index < -0.39 is 70.4 Å². The fraction of sp³-hybridized carbons (Fsp3) is 0.562. The molecule has 0 aliphatic heterocycles. The Hall–Kier alpha value is -1.49. The van der Waals surface area contributed by atoms with E-state index in [1.807, 2.05) is 0 Å². The second-order valence-corrected chi connectivity index (χ2v) is 8.48. The lowest BCUT2D eigenvalue weighted by molar-refractivity contribution is -0.545. The van der Waals surface area contributed by atoms with E-state index in [0.29, 0.717) is 12.1 Å². The van der Waals surface area contributed by atoms with Gasteiger partial charge in [-0.15, -0.1) is 0 Å². The quantitative estimate of drug-likeness (QED) is 0.123. The molecule has 0 N–H and O–H groups in total. The number of rotatable bonds is 12. The Labute approximate surface area is 227 Å². The predicted molar refractivity (Wildman–Crippen MR) is 98.6 cm³/mol. The van der Waals surface area contributed by atoms with Gasteiger partial charge in [-0.3, -0.25) is 18.6 Å². The zero-order valence-corrected chi connectivity index (χ0v) is 20.8. The van der Waals surface area contributed by atoms with Crippen LogP contribution in [-0.2, 0) is 20.4 Å². The fourth-order valence-electron chi connectivity index (χ4n) is 2.14. The molecule has 0 bridgehead atoms. The summed E-state index contributed by atoms with van der Waals surface area (Å²) in [7, 11) is 0. The van der Waals surface area contributed by atoms with Gasteiger partial charge >= 0.3 is 47.2 Å². The van der Waals surface area contributed by atoms with Crippen LogP contribution in [0.5, 0.6) is 5.75 Å². The summed E-state index contributed by atoms with van der Waals surface area (Å²) in [5.74, 6) is -17.3. The summed E-state index contributed by atoms with van der Waals surface area (Å²) >= 11 is 10.8. The minimum Gasteiger partial charge on any atom is -0.427 e. The summed E-state index contributed by atoms with van der Waals surface area (Å²) < 4.78 is 218. The maximum absolute atomic E-state index is 14.5. The first-order chi connectivity index (χ1) is 17.5. The van der Waals surface area contributed by atoms with Gasteiger partial charge in [0.05, 0.1) is 24.0 Å². The molecule has 2 atom stereocenters. The average molecular weight is 732 g/mol. The molecule has 1 aromatic rings. The number of hydrogen-bond donors (Lipinski definition) is 0. The fourth-order valence-corrected chi connectivity index (χ4v) is 2.70. The molecule has 0 saturated carbocycles. The van der Waals surface area contributed by atoms with Crippen LogP contribution in [0.15, 0.2) is 18.2 Å². The molecule has 232 valence electrons. The second-order valence-electron chi connectivity index (χ2n) is 6.90. The van der Waals surface area contributed by atoms with Crippen molar-refractivity contribution >= 4 is 44.6 Å². The number of carbonyl (C=O) groups excluding carboxylic acids is 1. The molecule has 24 heteroatoms. The van der Waals surface area contributed by atoms with Crippen molar-refractivity contribution in [3.8, 4) is 5.75 Å². The molecular weight excluding hydrogens is 727 g/mol. The van der Waals surface area contributed by atoms with E-state index in [9.17, 15) is 75.0 Å². The minimum atomic E-state index is -7.89. The zero-order chi connectivity index (χ0) is 32.0. The molecule has 1 rings (SSSR count). The summed E-state index contributed by atoms with van der Waals surface area (Å²) in [6, 6.07) is 1.74. The molecule has 40 heavy (non-hydrogen) atoms. The highest BCUT2D eigenvalue weighted by atomic mass is 79.9. The molecule has 0 radical (unpaired) electrons.